The number of carboxylic acid groups (broad SMARTS) is 1. The van der Waals surface area contributed by atoms with Crippen LogP contribution in [0.3, 0.4) is 0 Å². The van der Waals surface area contributed by atoms with E-state index < -0.39 is 12.0 Å². The van der Waals surface area contributed by atoms with Crippen molar-refractivity contribution in [3.05, 3.63) is 29.8 Å². The monoisotopic (exact) mass is 292 g/mol. The molecule has 5 nitrogen and oxygen atoms in total. The molecule has 1 aromatic rings. The highest BCUT2D eigenvalue weighted by atomic mass is 16.4. The number of Topliss-reactive ketones (excluding diaryl/α,β-unsaturated/α-hetero) is 1. The summed E-state index contributed by atoms with van der Waals surface area (Å²) in [6.07, 6.45) is 1.20. The summed E-state index contributed by atoms with van der Waals surface area (Å²) in [6.45, 7) is 2.71. The Kier molecular flexibility index (Phi) is 6.88. The highest BCUT2D eigenvalue weighted by Gasteiger charge is 2.20. The molecule has 1 unspecified atom stereocenters. The minimum absolute atomic E-state index is 0.0110. The first-order valence-electron chi connectivity index (χ1n) is 7.22. The van der Waals surface area contributed by atoms with E-state index in [1.54, 1.807) is 12.1 Å². The Morgan fingerprint density at radius 2 is 1.86 bits per heavy atom. The lowest BCUT2D eigenvalue weighted by molar-refractivity contribution is -0.137. The molecule has 0 spiro atoms. The smallest absolute Gasteiger partial charge is 0.303 e. The van der Waals surface area contributed by atoms with Crippen LogP contribution in [-0.2, 0) is 4.79 Å². The van der Waals surface area contributed by atoms with Crippen LogP contribution in [0.25, 0.3) is 0 Å². The number of nitrogens with one attached hydrogen (secondary N) is 1. The highest BCUT2D eigenvalue weighted by molar-refractivity contribution is 6.00. The first-order valence-corrected chi connectivity index (χ1v) is 7.22. The molecule has 0 aliphatic heterocycles. The summed E-state index contributed by atoms with van der Waals surface area (Å²) in [6, 6.07) is 6.92. The normalized spacial score (nSPS) is 12.0. The molecule has 0 amide bonds. The maximum atomic E-state index is 12.5. The van der Waals surface area contributed by atoms with E-state index in [1.807, 2.05) is 38.1 Å². The molecule has 2 N–H and O–H groups in total. The number of carbonyl (C=O) groups excluding carboxylic acids is 1. The molecule has 116 valence electrons. The quantitative estimate of drug-likeness (QED) is 0.683. The number of ketones is 1. The SMILES string of the molecule is CCCNC(CCC(=O)O)C(=O)c1ccc(N(C)C)cc1. The van der Waals surface area contributed by atoms with Crippen molar-refractivity contribution in [2.45, 2.75) is 32.2 Å². The molecule has 1 aromatic carbocycles. The lowest BCUT2D eigenvalue weighted by Crippen LogP contribution is -2.37. The van der Waals surface area contributed by atoms with Crippen molar-refractivity contribution in [3.8, 4) is 0 Å². The van der Waals surface area contributed by atoms with Crippen LogP contribution in [0, 0.1) is 0 Å². The number of hydrogen-bond donors (Lipinski definition) is 2. The summed E-state index contributed by atoms with van der Waals surface area (Å²) in [7, 11) is 3.88. The molecular weight excluding hydrogens is 268 g/mol. The van der Waals surface area contributed by atoms with Crippen LogP contribution < -0.4 is 10.2 Å². The average molecular weight is 292 g/mol. The molecular formula is C16H24N2O3. The van der Waals surface area contributed by atoms with Gasteiger partial charge in [0.15, 0.2) is 5.78 Å². The third-order valence-corrected chi connectivity index (χ3v) is 3.27. The fourth-order valence-corrected chi connectivity index (χ4v) is 2.04. The van der Waals surface area contributed by atoms with Crippen LogP contribution >= 0.6 is 0 Å². The Morgan fingerprint density at radius 1 is 1.24 bits per heavy atom. The first kappa shape index (κ1) is 17.2. The number of nitrogens with zero attached hydrogens (tertiary/aromatic N) is 1. The van der Waals surface area contributed by atoms with Gasteiger partial charge in [-0.3, -0.25) is 9.59 Å². The van der Waals surface area contributed by atoms with E-state index >= 15 is 0 Å². The summed E-state index contributed by atoms with van der Waals surface area (Å²) in [4.78, 5) is 25.2. The Labute approximate surface area is 126 Å². The van der Waals surface area contributed by atoms with Gasteiger partial charge in [0.25, 0.3) is 0 Å². The average Bonchev–Trinajstić information content (AvgIpc) is 2.46. The zero-order valence-corrected chi connectivity index (χ0v) is 12.9. The number of hydrogen-bond acceptors (Lipinski definition) is 4. The predicted molar refractivity (Wildman–Crippen MR) is 84.1 cm³/mol. The molecule has 0 heterocycles. The second kappa shape index (κ2) is 8.42. The van der Waals surface area contributed by atoms with Gasteiger partial charge >= 0.3 is 5.97 Å². The molecule has 0 aliphatic rings. The molecule has 0 bridgehead atoms. The first-order chi connectivity index (χ1) is 9.95. The van der Waals surface area contributed by atoms with Gasteiger partial charge in [0.2, 0.25) is 0 Å². The number of anilines is 1. The Hall–Kier alpha value is -1.88. The third-order valence-electron chi connectivity index (χ3n) is 3.27. The van der Waals surface area contributed by atoms with E-state index in [4.69, 9.17) is 5.11 Å². The van der Waals surface area contributed by atoms with Gasteiger partial charge < -0.3 is 15.3 Å². The summed E-state index contributed by atoms with van der Waals surface area (Å²) in [5, 5.41) is 11.9. The van der Waals surface area contributed by atoms with E-state index in [0.29, 0.717) is 18.5 Å². The minimum atomic E-state index is -0.881. The van der Waals surface area contributed by atoms with Crippen LogP contribution in [0.1, 0.15) is 36.5 Å². The van der Waals surface area contributed by atoms with Crippen molar-refractivity contribution < 1.29 is 14.7 Å². The van der Waals surface area contributed by atoms with Crippen molar-refractivity contribution in [1.29, 1.82) is 0 Å². The van der Waals surface area contributed by atoms with Crippen molar-refractivity contribution in [2.75, 3.05) is 25.5 Å². The zero-order chi connectivity index (χ0) is 15.8. The van der Waals surface area contributed by atoms with Crippen LogP contribution in [0.4, 0.5) is 5.69 Å². The van der Waals surface area contributed by atoms with Gasteiger partial charge in [-0.2, -0.15) is 0 Å². The topological polar surface area (TPSA) is 69.6 Å². The van der Waals surface area contributed by atoms with Gasteiger partial charge in [-0.15, -0.1) is 0 Å². The van der Waals surface area contributed by atoms with E-state index in [9.17, 15) is 9.59 Å². The maximum Gasteiger partial charge on any atom is 0.303 e. The van der Waals surface area contributed by atoms with Gasteiger partial charge in [-0.25, -0.2) is 0 Å². The second-order valence-corrected chi connectivity index (χ2v) is 5.24. The predicted octanol–water partition coefficient (Wildman–Crippen LogP) is 2.17. The Morgan fingerprint density at radius 3 is 2.33 bits per heavy atom. The Balaban J connectivity index is 2.79. The van der Waals surface area contributed by atoms with Crippen LogP contribution in [-0.4, -0.2) is 43.5 Å². The molecule has 0 aliphatic carbocycles. The summed E-state index contributed by atoms with van der Waals surface area (Å²) < 4.78 is 0. The number of aliphatic carboxylic acids is 1. The molecule has 5 heteroatoms. The number of carbonyl (C=O) groups is 2. The molecule has 1 rings (SSSR count). The lowest BCUT2D eigenvalue weighted by atomic mass is 9.99. The second-order valence-electron chi connectivity index (χ2n) is 5.24. The number of benzene rings is 1. The molecule has 0 aromatic heterocycles. The van der Waals surface area contributed by atoms with E-state index in [2.05, 4.69) is 5.32 Å². The number of carboxylic acids is 1. The molecule has 0 saturated heterocycles. The van der Waals surface area contributed by atoms with Crippen LogP contribution in [0.2, 0.25) is 0 Å². The maximum absolute atomic E-state index is 12.5. The fourth-order valence-electron chi connectivity index (χ4n) is 2.04. The van der Waals surface area contributed by atoms with Crippen molar-refractivity contribution >= 4 is 17.4 Å². The van der Waals surface area contributed by atoms with Gasteiger partial charge in [-0.05, 0) is 43.7 Å². The lowest BCUT2D eigenvalue weighted by Gasteiger charge is -2.17. The fraction of sp³-hybridized carbons (Fsp3) is 0.500. The van der Waals surface area contributed by atoms with Crippen molar-refractivity contribution in [3.63, 3.8) is 0 Å². The number of rotatable bonds is 9. The van der Waals surface area contributed by atoms with E-state index in [1.165, 1.54) is 0 Å². The van der Waals surface area contributed by atoms with Crippen LogP contribution in [0.15, 0.2) is 24.3 Å². The van der Waals surface area contributed by atoms with E-state index in [-0.39, 0.29) is 12.2 Å². The molecule has 0 saturated carbocycles. The van der Waals surface area contributed by atoms with Crippen molar-refractivity contribution in [2.24, 2.45) is 0 Å². The van der Waals surface area contributed by atoms with Crippen molar-refractivity contribution in [1.82, 2.24) is 5.32 Å². The summed E-state index contributed by atoms with van der Waals surface area (Å²) in [5.41, 5.74) is 1.63. The standard InChI is InChI=1S/C16H24N2O3/c1-4-11-17-14(9-10-15(19)20)16(21)12-5-7-13(8-6-12)18(2)3/h5-8,14,17H,4,9-11H2,1-3H3,(H,19,20). The minimum Gasteiger partial charge on any atom is -0.481 e. The molecule has 21 heavy (non-hydrogen) atoms. The van der Waals surface area contributed by atoms with E-state index in [0.717, 1.165) is 12.1 Å². The summed E-state index contributed by atoms with van der Waals surface area (Å²) in [5.74, 6) is -0.927. The van der Waals surface area contributed by atoms with Crippen LogP contribution in [0.5, 0.6) is 0 Å². The zero-order valence-electron chi connectivity index (χ0n) is 12.9. The largest absolute Gasteiger partial charge is 0.481 e. The molecule has 0 radical (unpaired) electrons. The molecule has 0 fully saturated rings. The Bertz CT molecular complexity index is 469. The van der Waals surface area contributed by atoms with Gasteiger partial charge in [0, 0.05) is 31.8 Å². The summed E-state index contributed by atoms with van der Waals surface area (Å²) >= 11 is 0. The van der Waals surface area contributed by atoms with Gasteiger partial charge in [0.1, 0.15) is 0 Å². The highest BCUT2D eigenvalue weighted by Crippen LogP contribution is 2.15. The van der Waals surface area contributed by atoms with Gasteiger partial charge in [-0.1, -0.05) is 6.92 Å². The van der Waals surface area contributed by atoms with Gasteiger partial charge in [0.05, 0.1) is 6.04 Å². The third kappa shape index (κ3) is 5.55. The molecule has 1 atom stereocenters.